The summed E-state index contributed by atoms with van der Waals surface area (Å²) >= 11 is 3.33. The molecule has 0 fully saturated rings. The van der Waals surface area contributed by atoms with Gasteiger partial charge in [-0.25, -0.2) is 0 Å². The second-order valence-electron chi connectivity index (χ2n) is 4.76. The fourth-order valence-electron chi connectivity index (χ4n) is 1.79. The molecule has 1 aromatic heterocycles. The van der Waals surface area contributed by atoms with Crippen molar-refractivity contribution in [2.75, 3.05) is 0 Å². The summed E-state index contributed by atoms with van der Waals surface area (Å²) in [5, 5.41) is 0. The van der Waals surface area contributed by atoms with Crippen LogP contribution in [-0.4, -0.2) is 16.9 Å². The van der Waals surface area contributed by atoms with E-state index in [2.05, 4.69) is 20.9 Å². The molecule has 20 heavy (non-hydrogen) atoms. The third-order valence-electron chi connectivity index (χ3n) is 2.66. The van der Waals surface area contributed by atoms with Crippen molar-refractivity contribution in [3.8, 4) is 5.75 Å². The third-order valence-corrected chi connectivity index (χ3v) is 3.13. The summed E-state index contributed by atoms with van der Waals surface area (Å²) in [5.74, 6) is 0.753. The lowest BCUT2D eigenvalue weighted by Gasteiger charge is -2.10. The van der Waals surface area contributed by atoms with Gasteiger partial charge in [0.15, 0.2) is 5.78 Å². The molecule has 2 rings (SSSR count). The van der Waals surface area contributed by atoms with Gasteiger partial charge < -0.3 is 4.74 Å². The molecule has 0 atom stereocenters. The van der Waals surface area contributed by atoms with Gasteiger partial charge in [-0.2, -0.15) is 0 Å². The number of hydrogen-bond donors (Lipinski definition) is 0. The van der Waals surface area contributed by atoms with Crippen LogP contribution in [0.1, 0.15) is 29.9 Å². The predicted octanol–water partition coefficient (Wildman–Crippen LogP) is 4.06. The highest BCUT2D eigenvalue weighted by molar-refractivity contribution is 9.10. The minimum Gasteiger partial charge on any atom is -0.491 e. The molecule has 3 nitrogen and oxygen atoms in total. The Kier molecular flexibility index (Phi) is 4.90. The van der Waals surface area contributed by atoms with Crippen molar-refractivity contribution in [1.82, 2.24) is 4.98 Å². The fourth-order valence-corrected chi connectivity index (χ4v) is 2.03. The van der Waals surface area contributed by atoms with Gasteiger partial charge >= 0.3 is 0 Å². The molecule has 0 saturated carbocycles. The van der Waals surface area contributed by atoms with Crippen molar-refractivity contribution in [3.05, 3.63) is 58.3 Å². The molecular weight excluding hydrogens is 318 g/mol. The Hall–Kier alpha value is -1.68. The first-order valence-electron chi connectivity index (χ1n) is 6.45. The van der Waals surface area contributed by atoms with Crippen LogP contribution >= 0.6 is 15.9 Å². The molecule has 0 amide bonds. The lowest BCUT2D eigenvalue weighted by Crippen LogP contribution is -2.08. The summed E-state index contributed by atoms with van der Waals surface area (Å²) in [6.07, 6.45) is 2.08. The summed E-state index contributed by atoms with van der Waals surface area (Å²) in [7, 11) is 0. The topological polar surface area (TPSA) is 39.2 Å². The fraction of sp³-hybridized carbons (Fsp3) is 0.250. The molecule has 0 aliphatic carbocycles. The maximum atomic E-state index is 12.2. The minimum absolute atomic E-state index is 0.0361. The molecule has 0 radical (unpaired) electrons. The number of pyridine rings is 1. The molecule has 2 aromatic rings. The van der Waals surface area contributed by atoms with Crippen LogP contribution in [0.2, 0.25) is 0 Å². The number of Topliss-reactive ketones (excluding diaryl/α,β-unsaturated/α-hetero) is 1. The lowest BCUT2D eigenvalue weighted by molar-refractivity contribution is 0.0991. The highest BCUT2D eigenvalue weighted by Gasteiger charge is 2.09. The van der Waals surface area contributed by atoms with Crippen LogP contribution in [0.25, 0.3) is 0 Å². The normalized spacial score (nSPS) is 10.6. The zero-order chi connectivity index (χ0) is 14.5. The second-order valence-corrected chi connectivity index (χ2v) is 5.68. The number of ketones is 1. The quantitative estimate of drug-likeness (QED) is 0.774. The molecule has 1 heterocycles. The van der Waals surface area contributed by atoms with Crippen molar-refractivity contribution in [1.29, 1.82) is 0 Å². The highest BCUT2D eigenvalue weighted by Crippen LogP contribution is 2.17. The van der Waals surface area contributed by atoms with Crippen LogP contribution in [0.5, 0.6) is 5.75 Å². The van der Waals surface area contributed by atoms with Gasteiger partial charge in [-0.1, -0.05) is 12.1 Å². The third kappa shape index (κ3) is 4.17. The Balaban J connectivity index is 2.10. The standard InChI is InChI=1S/C16H16BrNO2/c1-11(2)20-15-5-3-4-12(8-15)16(19)9-14-7-6-13(17)10-18-14/h3-8,10-11H,9H2,1-2H3. The van der Waals surface area contributed by atoms with Gasteiger partial charge in [0, 0.05) is 21.9 Å². The van der Waals surface area contributed by atoms with E-state index in [1.807, 2.05) is 38.1 Å². The number of benzene rings is 1. The summed E-state index contributed by atoms with van der Waals surface area (Å²) in [6, 6.07) is 11.0. The van der Waals surface area contributed by atoms with Crippen LogP contribution in [0.3, 0.4) is 0 Å². The maximum absolute atomic E-state index is 12.2. The average molecular weight is 334 g/mol. The van der Waals surface area contributed by atoms with E-state index in [4.69, 9.17) is 4.74 Å². The van der Waals surface area contributed by atoms with Crippen molar-refractivity contribution < 1.29 is 9.53 Å². The van der Waals surface area contributed by atoms with E-state index >= 15 is 0 Å². The number of ether oxygens (including phenoxy) is 1. The second kappa shape index (κ2) is 6.66. The first-order chi connectivity index (χ1) is 9.54. The Bertz CT molecular complexity index is 594. The van der Waals surface area contributed by atoms with Crippen molar-refractivity contribution in [3.63, 3.8) is 0 Å². The predicted molar refractivity (Wildman–Crippen MR) is 82.2 cm³/mol. The number of nitrogens with zero attached hydrogens (tertiary/aromatic N) is 1. The molecule has 4 heteroatoms. The highest BCUT2D eigenvalue weighted by atomic mass is 79.9. The average Bonchev–Trinajstić information content (AvgIpc) is 2.41. The maximum Gasteiger partial charge on any atom is 0.168 e. The van der Waals surface area contributed by atoms with Gasteiger partial charge in [0.05, 0.1) is 12.5 Å². The largest absolute Gasteiger partial charge is 0.491 e. The SMILES string of the molecule is CC(C)Oc1cccc(C(=O)Cc2ccc(Br)cn2)c1. The first kappa shape index (κ1) is 14.7. The van der Waals surface area contributed by atoms with Gasteiger partial charge in [-0.05, 0) is 54.0 Å². The van der Waals surface area contributed by atoms with Gasteiger partial charge in [0.1, 0.15) is 5.75 Å². The molecule has 0 saturated heterocycles. The summed E-state index contributed by atoms with van der Waals surface area (Å²) < 4.78 is 6.50. The Morgan fingerprint density at radius 3 is 2.75 bits per heavy atom. The molecule has 104 valence electrons. The summed E-state index contributed by atoms with van der Waals surface area (Å²) in [4.78, 5) is 16.4. The molecule has 0 unspecified atom stereocenters. The molecule has 1 aromatic carbocycles. The molecular formula is C16H16BrNO2. The number of carbonyl (C=O) groups is 1. The van der Waals surface area contributed by atoms with Crippen LogP contribution < -0.4 is 4.74 Å². The van der Waals surface area contributed by atoms with E-state index in [1.54, 1.807) is 18.3 Å². The Morgan fingerprint density at radius 1 is 1.30 bits per heavy atom. The van der Waals surface area contributed by atoms with Crippen molar-refractivity contribution in [2.45, 2.75) is 26.4 Å². The summed E-state index contributed by atoms with van der Waals surface area (Å²) in [5.41, 5.74) is 1.40. The van der Waals surface area contributed by atoms with Crippen LogP contribution in [0.4, 0.5) is 0 Å². The first-order valence-corrected chi connectivity index (χ1v) is 7.24. The molecule has 0 aliphatic heterocycles. The number of halogens is 1. The summed E-state index contributed by atoms with van der Waals surface area (Å²) in [6.45, 7) is 3.92. The van der Waals surface area contributed by atoms with Crippen molar-refractivity contribution >= 4 is 21.7 Å². The van der Waals surface area contributed by atoms with E-state index in [9.17, 15) is 4.79 Å². The number of aromatic nitrogens is 1. The minimum atomic E-state index is 0.0361. The van der Waals surface area contributed by atoms with Crippen LogP contribution in [0.15, 0.2) is 47.1 Å². The van der Waals surface area contributed by atoms with E-state index in [0.29, 0.717) is 12.0 Å². The van der Waals surface area contributed by atoms with Gasteiger partial charge in [0.25, 0.3) is 0 Å². The van der Waals surface area contributed by atoms with Crippen LogP contribution in [0, 0.1) is 0 Å². The molecule has 0 aliphatic rings. The molecule has 0 spiro atoms. The Morgan fingerprint density at radius 2 is 2.10 bits per heavy atom. The van der Waals surface area contributed by atoms with E-state index in [1.165, 1.54) is 0 Å². The van der Waals surface area contributed by atoms with Gasteiger partial charge in [-0.3, -0.25) is 9.78 Å². The van der Waals surface area contributed by atoms with E-state index < -0.39 is 0 Å². The van der Waals surface area contributed by atoms with Gasteiger partial charge in [-0.15, -0.1) is 0 Å². The number of hydrogen-bond acceptors (Lipinski definition) is 3. The zero-order valence-electron chi connectivity index (χ0n) is 11.5. The zero-order valence-corrected chi connectivity index (χ0v) is 13.1. The number of rotatable bonds is 5. The van der Waals surface area contributed by atoms with Crippen molar-refractivity contribution in [2.24, 2.45) is 0 Å². The molecule has 0 bridgehead atoms. The van der Waals surface area contributed by atoms with E-state index in [0.717, 1.165) is 15.9 Å². The number of carbonyl (C=O) groups excluding carboxylic acids is 1. The van der Waals surface area contributed by atoms with Crippen LogP contribution in [-0.2, 0) is 6.42 Å². The van der Waals surface area contributed by atoms with E-state index in [-0.39, 0.29) is 11.9 Å². The smallest absolute Gasteiger partial charge is 0.168 e. The Labute approximate surface area is 127 Å². The molecule has 0 N–H and O–H groups in total. The van der Waals surface area contributed by atoms with Gasteiger partial charge in [0.2, 0.25) is 0 Å². The monoisotopic (exact) mass is 333 g/mol. The lowest BCUT2D eigenvalue weighted by atomic mass is 10.1.